The molecular weight excluding hydrogens is 208 g/mol. The monoisotopic (exact) mass is 232 g/mol. The second kappa shape index (κ2) is 5.68. The van der Waals surface area contributed by atoms with Crippen LogP contribution in [0.2, 0.25) is 0 Å². The number of aliphatic hydroxyl groups is 1. The van der Waals surface area contributed by atoms with Crippen LogP contribution in [0.1, 0.15) is 56.8 Å². The van der Waals surface area contributed by atoms with Gasteiger partial charge in [0.15, 0.2) is 0 Å². The molecule has 1 heteroatoms. The van der Waals surface area contributed by atoms with Crippen LogP contribution in [0.25, 0.3) is 0 Å². The maximum Gasteiger partial charge on any atom is 0.0792 e. The molecule has 94 valence electrons. The Morgan fingerprint density at radius 3 is 2.65 bits per heavy atom. The molecule has 1 N–H and O–H groups in total. The molecule has 0 aromatic heterocycles. The van der Waals surface area contributed by atoms with Gasteiger partial charge in [0.05, 0.1) is 6.10 Å². The molecular formula is C16H24O. The van der Waals surface area contributed by atoms with E-state index in [1.807, 2.05) is 0 Å². The van der Waals surface area contributed by atoms with Crippen molar-refractivity contribution in [3.05, 3.63) is 35.4 Å². The van der Waals surface area contributed by atoms with E-state index in [0.717, 1.165) is 24.3 Å². The Labute approximate surface area is 105 Å². The number of hydrogen-bond acceptors (Lipinski definition) is 1. The highest BCUT2D eigenvalue weighted by atomic mass is 16.3. The van der Waals surface area contributed by atoms with Crippen LogP contribution in [-0.4, -0.2) is 5.11 Å². The third kappa shape index (κ3) is 3.57. The molecule has 0 radical (unpaired) electrons. The molecule has 1 aromatic rings. The molecule has 2 rings (SSSR count). The zero-order chi connectivity index (χ0) is 12.3. The van der Waals surface area contributed by atoms with Crippen molar-refractivity contribution in [2.75, 3.05) is 0 Å². The van der Waals surface area contributed by atoms with Gasteiger partial charge in [0.1, 0.15) is 0 Å². The van der Waals surface area contributed by atoms with E-state index >= 15 is 0 Å². The first-order valence-corrected chi connectivity index (χ1v) is 6.92. The molecule has 0 heterocycles. The smallest absolute Gasteiger partial charge is 0.0792 e. The van der Waals surface area contributed by atoms with Gasteiger partial charge < -0.3 is 5.11 Å². The van der Waals surface area contributed by atoms with E-state index in [-0.39, 0.29) is 6.10 Å². The Hall–Kier alpha value is -0.820. The van der Waals surface area contributed by atoms with E-state index in [1.165, 1.54) is 24.8 Å². The fourth-order valence-electron chi connectivity index (χ4n) is 2.58. The third-order valence-corrected chi connectivity index (χ3v) is 3.76. The van der Waals surface area contributed by atoms with E-state index < -0.39 is 0 Å². The lowest BCUT2D eigenvalue weighted by atomic mass is 9.80. The molecule has 1 aliphatic carbocycles. The Balaban J connectivity index is 1.98. The molecule has 1 aliphatic rings. The molecule has 0 aliphatic heterocycles. The SMILES string of the molecule is CC(C)Cc1cccc(C(O)CC2CCC2)c1. The van der Waals surface area contributed by atoms with Crippen LogP contribution >= 0.6 is 0 Å². The molecule has 1 aromatic carbocycles. The minimum absolute atomic E-state index is 0.257. The van der Waals surface area contributed by atoms with E-state index in [9.17, 15) is 5.11 Å². The molecule has 0 spiro atoms. The van der Waals surface area contributed by atoms with Crippen LogP contribution in [-0.2, 0) is 6.42 Å². The highest BCUT2D eigenvalue weighted by Gasteiger charge is 2.21. The second-order valence-electron chi connectivity index (χ2n) is 5.89. The first-order chi connectivity index (χ1) is 8.15. The fraction of sp³-hybridized carbons (Fsp3) is 0.625. The molecule has 0 bridgehead atoms. The first-order valence-electron chi connectivity index (χ1n) is 6.92. The molecule has 0 amide bonds. The lowest BCUT2D eigenvalue weighted by Gasteiger charge is -2.27. The van der Waals surface area contributed by atoms with Crippen LogP contribution in [0.5, 0.6) is 0 Å². The standard InChI is InChI=1S/C16H24O/c1-12(2)9-14-7-4-8-15(10-14)16(17)11-13-5-3-6-13/h4,7-8,10,12-13,16-17H,3,5-6,9,11H2,1-2H3. The lowest BCUT2D eigenvalue weighted by molar-refractivity contribution is 0.118. The average molecular weight is 232 g/mol. The molecule has 1 nitrogen and oxygen atoms in total. The van der Waals surface area contributed by atoms with Gasteiger partial charge >= 0.3 is 0 Å². The highest BCUT2D eigenvalue weighted by molar-refractivity contribution is 5.25. The summed E-state index contributed by atoms with van der Waals surface area (Å²) in [6.07, 6.45) is 5.76. The van der Waals surface area contributed by atoms with Crippen molar-refractivity contribution in [2.24, 2.45) is 11.8 Å². The summed E-state index contributed by atoms with van der Waals surface area (Å²) in [6.45, 7) is 4.47. The van der Waals surface area contributed by atoms with Crippen molar-refractivity contribution >= 4 is 0 Å². The largest absolute Gasteiger partial charge is 0.388 e. The Kier molecular flexibility index (Phi) is 4.22. The predicted molar refractivity (Wildman–Crippen MR) is 71.9 cm³/mol. The van der Waals surface area contributed by atoms with Gasteiger partial charge in [0, 0.05) is 0 Å². The van der Waals surface area contributed by atoms with Crippen LogP contribution in [0, 0.1) is 11.8 Å². The van der Waals surface area contributed by atoms with Gasteiger partial charge in [0.2, 0.25) is 0 Å². The third-order valence-electron chi connectivity index (χ3n) is 3.76. The van der Waals surface area contributed by atoms with E-state index in [1.54, 1.807) is 0 Å². The number of benzene rings is 1. The molecule has 1 unspecified atom stereocenters. The summed E-state index contributed by atoms with van der Waals surface area (Å²) in [7, 11) is 0. The second-order valence-corrected chi connectivity index (χ2v) is 5.89. The van der Waals surface area contributed by atoms with Gasteiger partial charge in [-0.25, -0.2) is 0 Å². The van der Waals surface area contributed by atoms with Gasteiger partial charge in [-0.3, -0.25) is 0 Å². The van der Waals surface area contributed by atoms with E-state index in [0.29, 0.717) is 5.92 Å². The zero-order valence-electron chi connectivity index (χ0n) is 11.0. The minimum Gasteiger partial charge on any atom is -0.388 e. The number of rotatable bonds is 5. The van der Waals surface area contributed by atoms with Crippen LogP contribution in [0.3, 0.4) is 0 Å². The quantitative estimate of drug-likeness (QED) is 0.810. The summed E-state index contributed by atoms with van der Waals surface area (Å²) in [6, 6.07) is 8.49. The molecule has 1 atom stereocenters. The summed E-state index contributed by atoms with van der Waals surface area (Å²) in [4.78, 5) is 0. The van der Waals surface area contributed by atoms with Gasteiger partial charge in [-0.05, 0) is 35.8 Å². The number of hydrogen-bond donors (Lipinski definition) is 1. The summed E-state index contributed by atoms with van der Waals surface area (Å²) in [5.74, 6) is 1.44. The van der Waals surface area contributed by atoms with Crippen molar-refractivity contribution < 1.29 is 5.11 Å². The van der Waals surface area contributed by atoms with Gasteiger partial charge in [-0.1, -0.05) is 57.4 Å². The summed E-state index contributed by atoms with van der Waals surface area (Å²) in [5.41, 5.74) is 2.46. The van der Waals surface area contributed by atoms with Gasteiger partial charge in [-0.2, -0.15) is 0 Å². The van der Waals surface area contributed by atoms with Crippen molar-refractivity contribution in [3.8, 4) is 0 Å². The summed E-state index contributed by atoms with van der Waals surface area (Å²) < 4.78 is 0. The summed E-state index contributed by atoms with van der Waals surface area (Å²) in [5, 5.41) is 10.2. The normalized spacial score (nSPS) is 18.1. The van der Waals surface area contributed by atoms with Crippen molar-refractivity contribution in [1.82, 2.24) is 0 Å². The topological polar surface area (TPSA) is 20.2 Å². The summed E-state index contributed by atoms with van der Waals surface area (Å²) >= 11 is 0. The van der Waals surface area contributed by atoms with Crippen LogP contribution in [0.15, 0.2) is 24.3 Å². The average Bonchev–Trinajstić information content (AvgIpc) is 2.22. The van der Waals surface area contributed by atoms with Crippen molar-refractivity contribution in [2.45, 2.75) is 52.1 Å². The highest BCUT2D eigenvalue weighted by Crippen LogP contribution is 2.34. The first kappa shape index (κ1) is 12.6. The van der Waals surface area contributed by atoms with Crippen molar-refractivity contribution in [3.63, 3.8) is 0 Å². The maximum atomic E-state index is 10.2. The zero-order valence-corrected chi connectivity index (χ0v) is 11.0. The number of aliphatic hydroxyl groups excluding tert-OH is 1. The van der Waals surface area contributed by atoms with Crippen LogP contribution in [0.4, 0.5) is 0 Å². The van der Waals surface area contributed by atoms with Crippen LogP contribution < -0.4 is 0 Å². The van der Waals surface area contributed by atoms with Gasteiger partial charge in [0.25, 0.3) is 0 Å². The molecule has 17 heavy (non-hydrogen) atoms. The molecule has 0 saturated heterocycles. The molecule has 1 fully saturated rings. The Morgan fingerprint density at radius 1 is 1.29 bits per heavy atom. The Morgan fingerprint density at radius 2 is 2.06 bits per heavy atom. The van der Waals surface area contributed by atoms with Gasteiger partial charge in [-0.15, -0.1) is 0 Å². The fourth-order valence-corrected chi connectivity index (χ4v) is 2.58. The van der Waals surface area contributed by atoms with E-state index in [4.69, 9.17) is 0 Å². The lowest BCUT2D eigenvalue weighted by Crippen LogP contribution is -2.15. The maximum absolute atomic E-state index is 10.2. The van der Waals surface area contributed by atoms with Crippen molar-refractivity contribution in [1.29, 1.82) is 0 Å². The molecule has 1 saturated carbocycles. The predicted octanol–water partition coefficient (Wildman–Crippen LogP) is 4.11. The van der Waals surface area contributed by atoms with E-state index in [2.05, 4.69) is 38.1 Å². The minimum atomic E-state index is -0.257. The Bertz CT molecular complexity index is 352.